The molecule has 5 N–H and O–H groups in total. The van der Waals surface area contributed by atoms with Crippen LogP contribution in [0, 0.1) is 0 Å². The summed E-state index contributed by atoms with van der Waals surface area (Å²) in [5.41, 5.74) is 9.16. The SMILES string of the molecule is NC(=S)NN=C1c2ccccc2C(=O)c2c(O)ccc(O)c21. The van der Waals surface area contributed by atoms with Crippen LogP contribution in [-0.2, 0) is 0 Å². The molecule has 0 saturated heterocycles. The van der Waals surface area contributed by atoms with Crippen molar-refractivity contribution in [2.75, 3.05) is 0 Å². The highest BCUT2D eigenvalue weighted by Crippen LogP contribution is 2.37. The highest BCUT2D eigenvalue weighted by Gasteiger charge is 2.32. The lowest BCUT2D eigenvalue weighted by Gasteiger charge is -2.21. The van der Waals surface area contributed by atoms with E-state index in [1.165, 1.54) is 12.1 Å². The number of carbonyl (C=O) groups is 1. The van der Waals surface area contributed by atoms with Crippen LogP contribution >= 0.6 is 12.2 Å². The van der Waals surface area contributed by atoms with Crippen molar-refractivity contribution in [1.29, 1.82) is 0 Å². The van der Waals surface area contributed by atoms with Crippen LogP contribution in [0.15, 0.2) is 41.5 Å². The molecule has 110 valence electrons. The number of ketones is 1. The van der Waals surface area contributed by atoms with E-state index in [9.17, 15) is 15.0 Å². The number of hydrazone groups is 1. The maximum absolute atomic E-state index is 12.6. The molecule has 1 aliphatic rings. The third-order valence-electron chi connectivity index (χ3n) is 3.33. The topological polar surface area (TPSA) is 108 Å². The monoisotopic (exact) mass is 313 g/mol. The molecular weight excluding hydrogens is 302 g/mol. The standard InChI is InChI=1S/C15H11N3O3S/c16-15(22)18-17-13-7-3-1-2-4-8(7)14(21)12-10(20)6-5-9(19)11(12)13/h1-6,19-20H,(H3,16,18,22). The largest absolute Gasteiger partial charge is 0.507 e. The van der Waals surface area contributed by atoms with Crippen LogP contribution in [0.3, 0.4) is 0 Å². The average Bonchev–Trinajstić information content (AvgIpc) is 2.50. The zero-order valence-corrected chi connectivity index (χ0v) is 12.0. The Kier molecular flexibility index (Phi) is 3.26. The van der Waals surface area contributed by atoms with E-state index in [2.05, 4.69) is 10.5 Å². The molecule has 2 aromatic rings. The number of benzene rings is 2. The summed E-state index contributed by atoms with van der Waals surface area (Å²) in [4.78, 5) is 12.6. The maximum Gasteiger partial charge on any atom is 0.198 e. The van der Waals surface area contributed by atoms with Gasteiger partial charge in [0.15, 0.2) is 10.9 Å². The van der Waals surface area contributed by atoms with Crippen molar-refractivity contribution in [2.45, 2.75) is 0 Å². The molecule has 3 rings (SSSR count). The molecular formula is C15H11N3O3S. The van der Waals surface area contributed by atoms with Crippen LogP contribution in [0.1, 0.15) is 27.0 Å². The van der Waals surface area contributed by atoms with Crippen molar-refractivity contribution in [3.63, 3.8) is 0 Å². The summed E-state index contributed by atoms with van der Waals surface area (Å²) in [6.07, 6.45) is 0. The predicted octanol–water partition coefficient (Wildman–Crippen LogP) is 1.23. The van der Waals surface area contributed by atoms with Crippen molar-refractivity contribution < 1.29 is 15.0 Å². The summed E-state index contributed by atoms with van der Waals surface area (Å²) in [6.45, 7) is 0. The Bertz CT molecular complexity index is 846. The summed E-state index contributed by atoms with van der Waals surface area (Å²) < 4.78 is 0. The first-order valence-electron chi connectivity index (χ1n) is 6.33. The van der Waals surface area contributed by atoms with Gasteiger partial charge in [-0.2, -0.15) is 5.10 Å². The molecule has 0 atom stereocenters. The van der Waals surface area contributed by atoms with Gasteiger partial charge in [0.1, 0.15) is 17.2 Å². The predicted molar refractivity (Wildman–Crippen MR) is 85.2 cm³/mol. The van der Waals surface area contributed by atoms with E-state index in [-0.39, 0.29) is 39.2 Å². The molecule has 0 heterocycles. The van der Waals surface area contributed by atoms with E-state index in [1.807, 2.05) is 0 Å². The highest BCUT2D eigenvalue weighted by atomic mass is 32.1. The first-order chi connectivity index (χ1) is 10.5. The summed E-state index contributed by atoms with van der Waals surface area (Å²) in [5.74, 6) is -0.775. The Hall–Kier alpha value is -2.93. The molecule has 22 heavy (non-hydrogen) atoms. The van der Waals surface area contributed by atoms with Crippen LogP contribution in [0.4, 0.5) is 0 Å². The quantitative estimate of drug-likeness (QED) is 0.306. The van der Waals surface area contributed by atoms with E-state index in [0.29, 0.717) is 11.1 Å². The van der Waals surface area contributed by atoms with Crippen molar-refractivity contribution >= 4 is 28.8 Å². The molecule has 0 bridgehead atoms. The molecule has 2 aromatic carbocycles. The number of carbonyl (C=O) groups excluding carboxylic acids is 1. The fourth-order valence-corrected chi connectivity index (χ4v) is 2.48. The normalized spacial score (nSPS) is 14.4. The molecule has 0 amide bonds. The Morgan fingerprint density at radius 2 is 1.64 bits per heavy atom. The van der Waals surface area contributed by atoms with Gasteiger partial charge in [-0.1, -0.05) is 24.3 Å². The summed E-state index contributed by atoms with van der Waals surface area (Å²) in [7, 11) is 0. The Labute approximate surface area is 130 Å². The van der Waals surface area contributed by atoms with Gasteiger partial charge in [-0.3, -0.25) is 10.2 Å². The number of nitrogens with zero attached hydrogens (tertiary/aromatic N) is 1. The minimum absolute atomic E-state index is 0.00203. The molecule has 0 fully saturated rings. The molecule has 0 aliphatic heterocycles. The zero-order chi connectivity index (χ0) is 15.9. The first kappa shape index (κ1) is 14.0. The Morgan fingerprint density at radius 3 is 2.27 bits per heavy atom. The van der Waals surface area contributed by atoms with Crippen molar-refractivity contribution in [3.8, 4) is 11.5 Å². The van der Waals surface area contributed by atoms with Gasteiger partial charge < -0.3 is 15.9 Å². The lowest BCUT2D eigenvalue weighted by molar-refractivity contribution is 0.103. The second-order valence-electron chi connectivity index (χ2n) is 4.66. The van der Waals surface area contributed by atoms with Gasteiger partial charge in [-0.05, 0) is 24.4 Å². The maximum atomic E-state index is 12.6. The molecule has 0 aromatic heterocycles. The van der Waals surface area contributed by atoms with E-state index in [1.54, 1.807) is 24.3 Å². The number of nitrogens with two attached hydrogens (primary N) is 1. The van der Waals surface area contributed by atoms with Gasteiger partial charge in [0.05, 0.1) is 11.1 Å². The summed E-state index contributed by atoms with van der Waals surface area (Å²) in [6, 6.07) is 9.33. The second kappa shape index (κ2) is 5.12. The van der Waals surface area contributed by atoms with Crippen LogP contribution in [-0.4, -0.2) is 26.8 Å². The number of nitrogens with one attached hydrogen (secondary N) is 1. The van der Waals surface area contributed by atoms with Gasteiger partial charge >= 0.3 is 0 Å². The lowest BCUT2D eigenvalue weighted by Crippen LogP contribution is -2.28. The zero-order valence-electron chi connectivity index (χ0n) is 11.2. The van der Waals surface area contributed by atoms with E-state index >= 15 is 0 Å². The van der Waals surface area contributed by atoms with Gasteiger partial charge in [0.25, 0.3) is 0 Å². The third kappa shape index (κ3) is 2.08. The molecule has 1 aliphatic carbocycles. The molecule has 0 radical (unpaired) electrons. The Morgan fingerprint density at radius 1 is 1.05 bits per heavy atom. The van der Waals surface area contributed by atoms with Crippen LogP contribution < -0.4 is 11.2 Å². The van der Waals surface area contributed by atoms with E-state index < -0.39 is 0 Å². The summed E-state index contributed by atoms with van der Waals surface area (Å²) in [5, 5.41) is 24.2. The molecule has 0 unspecified atom stereocenters. The van der Waals surface area contributed by atoms with Gasteiger partial charge in [-0.15, -0.1) is 0 Å². The smallest absolute Gasteiger partial charge is 0.198 e. The molecule has 0 saturated carbocycles. The van der Waals surface area contributed by atoms with E-state index in [0.717, 1.165) is 0 Å². The van der Waals surface area contributed by atoms with Crippen molar-refractivity contribution in [3.05, 3.63) is 58.7 Å². The average molecular weight is 313 g/mol. The van der Waals surface area contributed by atoms with E-state index in [4.69, 9.17) is 18.0 Å². The van der Waals surface area contributed by atoms with Crippen LogP contribution in [0.25, 0.3) is 0 Å². The van der Waals surface area contributed by atoms with Gasteiger partial charge in [0, 0.05) is 11.1 Å². The first-order valence-corrected chi connectivity index (χ1v) is 6.74. The number of hydrogen-bond acceptors (Lipinski definition) is 5. The van der Waals surface area contributed by atoms with Gasteiger partial charge in [-0.25, -0.2) is 0 Å². The fraction of sp³-hybridized carbons (Fsp3) is 0. The minimum atomic E-state index is -0.381. The highest BCUT2D eigenvalue weighted by molar-refractivity contribution is 7.80. The van der Waals surface area contributed by atoms with Crippen LogP contribution in [0.5, 0.6) is 11.5 Å². The number of hydrogen-bond donors (Lipinski definition) is 4. The second-order valence-corrected chi connectivity index (χ2v) is 5.10. The van der Waals surface area contributed by atoms with Gasteiger partial charge in [0.2, 0.25) is 0 Å². The number of phenols is 2. The number of fused-ring (bicyclic) bond motifs is 2. The number of phenolic OH excluding ortho intramolecular Hbond substituents is 2. The fourth-order valence-electron chi connectivity index (χ4n) is 2.43. The number of aromatic hydroxyl groups is 2. The number of rotatable bonds is 1. The third-order valence-corrected chi connectivity index (χ3v) is 3.42. The lowest BCUT2D eigenvalue weighted by atomic mass is 9.82. The van der Waals surface area contributed by atoms with Crippen molar-refractivity contribution in [1.82, 2.24) is 5.43 Å². The number of thiocarbonyl (C=S) groups is 1. The molecule has 0 spiro atoms. The summed E-state index contributed by atoms with van der Waals surface area (Å²) >= 11 is 4.72. The van der Waals surface area contributed by atoms with Crippen LogP contribution in [0.2, 0.25) is 0 Å². The Balaban J connectivity index is 2.35. The molecule has 6 nitrogen and oxygen atoms in total. The molecule has 7 heteroatoms. The minimum Gasteiger partial charge on any atom is -0.507 e. The van der Waals surface area contributed by atoms with Crippen molar-refractivity contribution in [2.24, 2.45) is 10.8 Å².